The maximum Gasteiger partial charge on any atom is 0.433 e. The van der Waals surface area contributed by atoms with Gasteiger partial charge < -0.3 is 15.4 Å². The quantitative estimate of drug-likeness (QED) is 0.290. The van der Waals surface area contributed by atoms with Crippen molar-refractivity contribution in [3.8, 4) is 5.75 Å². The molecule has 8 nitrogen and oxygen atoms in total. The summed E-state index contributed by atoms with van der Waals surface area (Å²) < 4.78 is 45.6. The van der Waals surface area contributed by atoms with E-state index in [2.05, 4.69) is 15.6 Å². The number of pyridine rings is 1. The summed E-state index contributed by atoms with van der Waals surface area (Å²) in [4.78, 5) is 28.4. The topological polar surface area (TPSA) is 113 Å². The smallest absolute Gasteiger partial charge is 0.433 e. The first kappa shape index (κ1) is 25.4. The van der Waals surface area contributed by atoms with Crippen LogP contribution in [0, 0.1) is 0 Å². The van der Waals surface area contributed by atoms with Crippen molar-refractivity contribution in [2.75, 3.05) is 13.1 Å². The molecule has 1 aliphatic heterocycles. The predicted octanol–water partition coefficient (Wildman–Crippen LogP) is 3.58. The standard InChI is InChI=1S/C25H25F3N4O4/c26-25(27,28)21-13-17(19-3-1-2-4-20(19)30-21)15-36-18-7-5-16(6-8-18)23(34)31-24(14-22(33)32-35)9-11-29-12-10-24/h1-8,13,29,35H,9-12,14-15H2,(H,31,34)(H,32,33). The van der Waals surface area contributed by atoms with Gasteiger partial charge >= 0.3 is 6.18 Å². The van der Waals surface area contributed by atoms with Gasteiger partial charge in [-0.3, -0.25) is 14.8 Å². The number of para-hydroxylation sites is 1. The van der Waals surface area contributed by atoms with E-state index in [0.29, 0.717) is 48.2 Å². The third-order valence-electron chi connectivity index (χ3n) is 6.17. The number of alkyl halides is 3. The fourth-order valence-corrected chi connectivity index (χ4v) is 4.29. The molecule has 11 heteroatoms. The second-order valence-electron chi connectivity index (χ2n) is 8.69. The Labute approximate surface area is 204 Å². The third-order valence-corrected chi connectivity index (χ3v) is 6.17. The number of hydrogen-bond acceptors (Lipinski definition) is 6. The lowest BCUT2D eigenvalue weighted by Gasteiger charge is -2.37. The molecule has 0 bridgehead atoms. The number of carbonyl (C=O) groups is 2. The number of fused-ring (bicyclic) bond motifs is 1. The number of hydrogen-bond donors (Lipinski definition) is 4. The van der Waals surface area contributed by atoms with Crippen LogP contribution >= 0.6 is 0 Å². The van der Waals surface area contributed by atoms with Crippen molar-refractivity contribution in [1.82, 2.24) is 21.1 Å². The van der Waals surface area contributed by atoms with E-state index in [1.165, 1.54) is 18.2 Å². The molecular weight excluding hydrogens is 477 g/mol. The summed E-state index contributed by atoms with van der Waals surface area (Å²) in [7, 11) is 0. The Morgan fingerprint density at radius 2 is 1.78 bits per heavy atom. The van der Waals surface area contributed by atoms with Gasteiger partial charge in [-0.15, -0.1) is 0 Å². The maximum absolute atomic E-state index is 13.3. The van der Waals surface area contributed by atoms with Gasteiger partial charge in [0, 0.05) is 16.5 Å². The first-order valence-electron chi connectivity index (χ1n) is 11.3. The van der Waals surface area contributed by atoms with Crippen molar-refractivity contribution in [2.45, 2.75) is 37.6 Å². The lowest BCUT2D eigenvalue weighted by molar-refractivity contribution is -0.141. The molecule has 190 valence electrons. The lowest BCUT2D eigenvalue weighted by atomic mass is 9.84. The van der Waals surface area contributed by atoms with Crippen molar-refractivity contribution in [1.29, 1.82) is 0 Å². The molecule has 1 aliphatic rings. The highest BCUT2D eigenvalue weighted by molar-refractivity contribution is 5.95. The number of aromatic nitrogens is 1. The summed E-state index contributed by atoms with van der Waals surface area (Å²) in [6.45, 7) is 1.11. The Balaban J connectivity index is 1.46. The zero-order chi connectivity index (χ0) is 25.8. The van der Waals surface area contributed by atoms with Crippen molar-refractivity contribution in [3.63, 3.8) is 0 Å². The molecule has 2 amide bonds. The molecule has 2 heterocycles. The summed E-state index contributed by atoms with van der Waals surface area (Å²) in [5.41, 5.74) is 0.725. The molecule has 3 aromatic rings. The minimum atomic E-state index is -4.59. The highest BCUT2D eigenvalue weighted by Crippen LogP contribution is 2.31. The zero-order valence-corrected chi connectivity index (χ0v) is 19.2. The van der Waals surface area contributed by atoms with Crippen LogP contribution in [0.5, 0.6) is 5.75 Å². The first-order chi connectivity index (χ1) is 17.2. The van der Waals surface area contributed by atoms with Crippen LogP contribution in [-0.2, 0) is 17.6 Å². The number of ether oxygens (including phenoxy) is 1. The highest BCUT2D eigenvalue weighted by Gasteiger charge is 2.36. The second kappa shape index (κ2) is 10.5. The Kier molecular flexibility index (Phi) is 7.41. The second-order valence-corrected chi connectivity index (χ2v) is 8.69. The Morgan fingerprint density at radius 3 is 2.44 bits per heavy atom. The molecule has 0 atom stereocenters. The van der Waals surface area contributed by atoms with Gasteiger partial charge in [-0.25, -0.2) is 10.5 Å². The normalized spacial score (nSPS) is 15.3. The SMILES string of the molecule is O=C(CC1(NC(=O)c2ccc(OCc3cc(C(F)(F)F)nc4ccccc34)cc2)CCNCC1)NO. The van der Waals surface area contributed by atoms with E-state index < -0.39 is 23.3 Å². The number of carbonyl (C=O) groups excluding carboxylic acids is 2. The third kappa shape index (κ3) is 5.92. The van der Waals surface area contributed by atoms with Gasteiger partial charge in [0.2, 0.25) is 5.91 Å². The molecule has 0 aliphatic carbocycles. The molecular formula is C25H25F3N4O4. The van der Waals surface area contributed by atoms with Crippen molar-refractivity contribution in [3.05, 3.63) is 71.4 Å². The van der Waals surface area contributed by atoms with Crippen molar-refractivity contribution in [2.24, 2.45) is 0 Å². The first-order valence-corrected chi connectivity index (χ1v) is 11.3. The van der Waals surface area contributed by atoms with Crippen LogP contribution in [0.3, 0.4) is 0 Å². The minimum absolute atomic E-state index is 0.0576. The van der Waals surface area contributed by atoms with E-state index in [1.807, 2.05) is 0 Å². The Hall–Kier alpha value is -3.70. The Bertz CT molecular complexity index is 1240. The van der Waals surface area contributed by atoms with Crippen LogP contribution in [0.2, 0.25) is 0 Å². The molecule has 4 N–H and O–H groups in total. The molecule has 1 fully saturated rings. The number of piperidine rings is 1. The fourth-order valence-electron chi connectivity index (χ4n) is 4.29. The Morgan fingerprint density at radius 1 is 1.08 bits per heavy atom. The predicted molar refractivity (Wildman–Crippen MR) is 124 cm³/mol. The van der Waals surface area contributed by atoms with Crippen LogP contribution < -0.4 is 20.9 Å². The summed E-state index contributed by atoms with van der Waals surface area (Å²) in [5.74, 6) is -0.598. The van der Waals surface area contributed by atoms with E-state index in [1.54, 1.807) is 35.8 Å². The molecule has 0 saturated carbocycles. The van der Waals surface area contributed by atoms with Gasteiger partial charge in [0.05, 0.1) is 17.5 Å². The average Bonchev–Trinajstić information content (AvgIpc) is 2.87. The van der Waals surface area contributed by atoms with Gasteiger partial charge in [0.25, 0.3) is 5.91 Å². The van der Waals surface area contributed by atoms with Crippen LogP contribution in [0.15, 0.2) is 54.6 Å². The summed E-state index contributed by atoms with van der Waals surface area (Å²) in [5, 5.41) is 15.6. The van der Waals surface area contributed by atoms with Crippen LogP contribution in [0.4, 0.5) is 13.2 Å². The summed E-state index contributed by atoms with van der Waals surface area (Å²) in [6.07, 6.45) is -3.60. The van der Waals surface area contributed by atoms with Crippen LogP contribution in [0.25, 0.3) is 10.9 Å². The molecule has 36 heavy (non-hydrogen) atoms. The molecule has 4 rings (SSSR count). The number of benzene rings is 2. The lowest BCUT2D eigenvalue weighted by Crippen LogP contribution is -2.56. The number of amides is 2. The summed E-state index contributed by atoms with van der Waals surface area (Å²) in [6, 6.07) is 13.7. The minimum Gasteiger partial charge on any atom is -0.489 e. The van der Waals surface area contributed by atoms with Gasteiger partial charge in [-0.05, 0) is 62.3 Å². The number of nitrogens with one attached hydrogen (secondary N) is 3. The van der Waals surface area contributed by atoms with Crippen LogP contribution in [-0.4, -0.2) is 40.6 Å². The zero-order valence-electron chi connectivity index (χ0n) is 19.2. The molecule has 1 saturated heterocycles. The molecule has 0 unspecified atom stereocenters. The van der Waals surface area contributed by atoms with Gasteiger partial charge in [0.15, 0.2) is 0 Å². The highest BCUT2D eigenvalue weighted by atomic mass is 19.4. The largest absolute Gasteiger partial charge is 0.489 e. The van der Waals surface area contributed by atoms with Gasteiger partial charge in [-0.2, -0.15) is 13.2 Å². The molecule has 0 radical (unpaired) electrons. The number of halogens is 3. The average molecular weight is 502 g/mol. The number of rotatable bonds is 7. The fraction of sp³-hybridized carbons (Fsp3) is 0.320. The van der Waals surface area contributed by atoms with E-state index in [9.17, 15) is 22.8 Å². The van der Waals surface area contributed by atoms with Crippen molar-refractivity contribution < 1.29 is 32.7 Å². The molecule has 0 spiro atoms. The summed E-state index contributed by atoms with van der Waals surface area (Å²) >= 11 is 0. The van der Waals surface area contributed by atoms with Gasteiger partial charge in [0.1, 0.15) is 18.1 Å². The van der Waals surface area contributed by atoms with Crippen molar-refractivity contribution >= 4 is 22.7 Å². The molecule has 2 aromatic carbocycles. The van der Waals surface area contributed by atoms with E-state index in [4.69, 9.17) is 9.94 Å². The van der Waals surface area contributed by atoms with Gasteiger partial charge in [-0.1, -0.05) is 18.2 Å². The van der Waals surface area contributed by atoms with E-state index in [0.717, 1.165) is 6.07 Å². The number of hydroxylamine groups is 1. The number of nitrogens with zero attached hydrogens (tertiary/aromatic N) is 1. The monoisotopic (exact) mass is 502 g/mol. The molecule has 1 aromatic heterocycles. The maximum atomic E-state index is 13.3. The van der Waals surface area contributed by atoms with E-state index in [-0.39, 0.29) is 24.5 Å². The van der Waals surface area contributed by atoms with Crippen LogP contribution in [0.1, 0.15) is 40.9 Å². The van der Waals surface area contributed by atoms with E-state index >= 15 is 0 Å².